The van der Waals surface area contributed by atoms with Crippen LogP contribution < -0.4 is 0 Å². The highest BCUT2D eigenvalue weighted by atomic mass is 16.2. The summed E-state index contributed by atoms with van der Waals surface area (Å²) in [6.45, 7) is 2.30. The zero-order chi connectivity index (χ0) is 14.5. The van der Waals surface area contributed by atoms with Crippen LogP contribution in [0.4, 0.5) is 0 Å². The van der Waals surface area contributed by atoms with Crippen molar-refractivity contribution in [2.24, 2.45) is 0 Å². The van der Waals surface area contributed by atoms with Crippen LogP contribution in [0.1, 0.15) is 21.5 Å². The third kappa shape index (κ3) is 3.29. The Bertz CT molecular complexity index is 606. The van der Waals surface area contributed by atoms with Gasteiger partial charge in [0.2, 0.25) is 5.78 Å². The van der Waals surface area contributed by atoms with Crippen molar-refractivity contribution in [3.05, 3.63) is 65.5 Å². The summed E-state index contributed by atoms with van der Waals surface area (Å²) in [6.07, 6.45) is 3.35. The Morgan fingerprint density at radius 2 is 1.85 bits per heavy atom. The van der Waals surface area contributed by atoms with Gasteiger partial charge in [-0.25, -0.2) is 0 Å². The highest BCUT2D eigenvalue weighted by molar-refractivity contribution is 6.42. The van der Waals surface area contributed by atoms with Crippen LogP contribution in [0.25, 0.3) is 0 Å². The summed E-state index contributed by atoms with van der Waals surface area (Å²) in [7, 11) is 1.61. The first kappa shape index (κ1) is 13.9. The zero-order valence-electron chi connectivity index (χ0n) is 11.5. The van der Waals surface area contributed by atoms with E-state index >= 15 is 0 Å². The first-order chi connectivity index (χ1) is 9.58. The van der Waals surface area contributed by atoms with Crippen LogP contribution in [0.15, 0.2) is 48.8 Å². The zero-order valence-corrected chi connectivity index (χ0v) is 11.5. The third-order valence-corrected chi connectivity index (χ3v) is 3.00. The number of aromatic nitrogens is 1. The number of likely N-dealkylation sites (N-methyl/N-ethyl adjacent to an activating group) is 1. The van der Waals surface area contributed by atoms with Gasteiger partial charge in [-0.2, -0.15) is 0 Å². The van der Waals surface area contributed by atoms with Gasteiger partial charge in [-0.3, -0.25) is 14.6 Å². The van der Waals surface area contributed by atoms with E-state index in [1.807, 2.05) is 25.1 Å². The molecule has 0 bridgehead atoms. The number of aryl methyl sites for hydroxylation is 1. The summed E-state index contributed by atoms with van der Waals surface area (Å²) >= 11 is 0. The van der Waals surface area contributed by atoms with Gasteiger partial charge >= 0.3 is 0 Å². The molecular weight excluding hydrogens is 252 g/mol. The average Bonchev–Trinajstić information content (AvgIpc) is 2.47. The Balaban J connectivity index is 2.06. The number of hydrogen-bond acceptors (Lipinski definition) is 3. The Morgan fingerprint density at radius 1 is 1.15 bits per heavy atom. The summed E-state index contributed by atoms with van der Waals surface area (Å²) < 4.78 is 0. The SMILES string of the molecule is Cc1ccc(C(=O)C(=O)N(C)Cc2cccnc2)cc1. The lowest BCUT2D eigenvalue weighted by Gasteiger charge is -2.16. The van der Waals surface area contributed by atoms with Gasteiger partial charge in [-0.05, 0) is 18.6 Å². The van der Waals surface area contributed by atoms with Gasteiger partial charge in [0, 0.05) is 31.5 Å². The fourth-order valence-corrected chi connectivity index (χ4v) is 1.84. The Kier molecular flexibility index (Phi) is 4.25. The summed E-state index contributed by atoms with van der Waals surface area (Å²) in [5, 5.41) is 0. The fourth-order valence-electron chi connectivity index (χ4n) is 1.84. The van der Waals surface area contributed by atoms with Gasteiger partial charge in [0.1, 0.15) is 0 Å². The second-order valence-corrected chi connectivity index (χ2v) is 4.72. The molecule has 2 rings (SSSR count). The molecular formula is C16H16N2O2. The van der Waals surface area contributed by atoms with Crippen LogP contribution in [-0.4, -0.2) is 28.6 Å². The number of amides is 1. The van der Waals surface area contributed by atoms with Gasteiger partial charge in [0.25, 0.3) is 5.91 Å². The van der Waals surface area contributed by atoms with Gasteiger partial charge in [-0.15, -0.1) is 0 Å². The maximum atomic E-state index is 12.1. The molecule has 0 spiro atoms. The van der Waals surface area contributed by atoms with Gasteiger partial charge in [0.15, 0.2) is 0 Å². The molecule has 0 atom stereocenters. The minimum absolute atomic E-state index is 0.365. The normalized spacial score (nSPS) is 10.1. The number of ketones is 1. The second kappa shape index (κ2) is 6.10. The van der Waals surface area contributed by atoms with E-state index in [4.69, 9.17) is 0 Å². The van der Waals surface area contributed by atoms with E-state index in [0.29, 0.717) is 12.1 Å². The molecule has 0 saturated carbocycles. The average molecular weight is 268 g/mol. The first-order valence-corrected chi connectivity index (χ1v) is 6.33. The number of hydrogen-bond donors (Lipinski definition) is 0. The van der Waals surface area contributed by atoms with E-state index in [0.717, 1.165) is 11.1 Å². The number of rotatable bonds is 4. The Hall–Kier alpha value is -2.49. The second-order valence-electron chi connectivity index (χ2n) is 4.72. The maximum absolute atomic E-state index is 12.1. The van der Waals surface area contributed by atoms with E-state index in [1.54, 1.807) is 37.6 Å². The lowest BCUT2D eigenvalue weighted by Crippen LogP contribution is -2.32. The van der Waals surface area contributed by atoms with Gasteiger partial charge < -0.3 is 4.90 Å². The Morgan fingerprint density at radius 3 is 2.45 bits per heavy atom. The number of nitrogens with zero attached hydrogens (tertiary/aromatic N) is 2. The monoisotopic (exact) mass is 268 g/mol. The maximum Gasteiger partial charge on any atom is 0.295 e. The van der Waals surface area contributed by atoms with E-state index in [1.165, 1.54) is 4.90 Å². The molecule has 1 aromatic carbocycles. The number of benzene rings is 1. The molecule has 1 heterocycles. The number of carbonyl (C=O) groups excluding carboxylic acids is 2. The first-order valence-electron chi connectivity index (χ1n) is 6.33. The molecule has 4 nitrogen and oxygen atoms in total. The molecule has 1 amide bonds. The van der Waals surface area contributed by atoms with Crippen molar-refractivity contribution >= 4 is 11.7 Å². The van der Waals surface area contributed by atoms with Crippen LogP contribution in [0.5, 0.6) is 0 Å². The molecule has 4 heteroatoms. The van der Waals surface area contributed by atoms with E-state index in [2.05, 4.69) is 4.98 Å². The minimum atomic E-state index is -0.516. The van der Waals surface area contributed by atoms with Gasteiger partial charge in [-0.1, -0.05) is 35.9 Å². The van der Waals surface area contributed by atoms with E-state index < -0.39 is 11.7 Å². The standard InChI is InChI=1S/C16H16N2O2/c1-12-5-7-14(8-6-12)15(19)16(20)18(2)11-13-4-3-9-17-10-13/h3-10H,11H2,1-2H3. The van der Waals surface area contributed by atoms with Crippen molar-refractivity contribution in [1.82, 2.24) is 9.88 Å². The molecule has 0 fully saturated rings. The molecule has 0 saturated heterocycles. The summed E-state index contributed by atoms with van der Waals surface area (Å²) in [5.74, 6) is -1.01. The van der Waals surface area contributed by atoms with Gasteiger partial charge in [0.05, 0.1) is 0 Å². The quantitative estimate of drug-likeness (QED) is 0.631. The highest BCUT2D eigenvalue weighted by Crippen LogP contribution is 2.07. The molecule has 0 radical (unpaired) electrons. The smallest absolute Gasteiger partial charge is 0.295 e. The molecule has 0 N–H and O–H groups in total. The number of carbonyl (C=O) groups is 2. The minimum Gasteiger partial charge on any atom is -0.334 e. The molecule has 1 aromatic heterocycles. The van der Waals surface area contributed by atoms with Crippen molar-refractivity contribution in [3.8, 4) is 0 Å². The predicted molar refractivity (Wildman–Crippen MR) is 76.2 cm³/mol. The van der Waals surface area contributed by atoms with E-state index in [-0.39, 0.29) is 0 Å². The van der Waals surface area contributed by atoms with Crippen molar-refractivity contribution in [1.29, 1.82) is 0 Å². The summed E-state index contributed by atoms with van der Waals surface area (Å²) in [6, 6.07) is 10.7. The van der Waals surface area contributed by atoms with Crippen LogP contribution in [0.3, 0.4) is 0 Å². The molecule has 20 heavy (non-hydrogen) atoms. The molecule has 102 valence electrons. The third-order valence-electron chi connectivity index (χ3n) is 3.00. The van der Waals surface area contributed by atoms with Crippen LogP contribution in [-0.2, 0) is 11.3 Å². The lowest BCUT2D eigenvalue weighted by molar-refractivity contribution is -0.125. The van der Waals surface area contributed by atoms with E-state index in [9.17, 15) is 9.59 Å². The predicted octanol–water partition coefficient (Wildman–Crippen LogP) is 2.23. The lowest BCUT2D eigenvalue weighted by atomic mass is 10.1. The molecule has 0 aliphatic carbocycles. The van der Waals surface area contributed by atoms with Crippen molar-refractivity contribution in [2.75, 3.05) is 7.05 Å². The Labute approximate surface area is 118 Å². The topological polar surface area (TPSA) is 50.3 Å². The molecule has 0 aliphatic rings. The molecule has 0 aliphatic heterocycles. The molecule has 2 aromatic rings. The van der Waals surface area contributed by atoms with Crippen LogP contribution >= 0.6 is 0 Å². The number of Topliss-reactive ketones (excluding diaryl/α,β-unsaturated/α-hetero) is 1. The van der Waals surface area contributed by atoms with Crippen molar-refractivity contribution in [3.63, 3.8) is 0 Å². The number of pyridine rings is 1. The summed E-state index contributed by atoms with van der Waals surface area (Å²) in [4.78, 5) is 29.6. The fraction of sp³-hybridized carbons (Fsp3) is 0.188. The van der Waals surface area contributed by atoms with Crippen molar-refractivity contribution in [2.45, 2.75) is 13.5 Å². The highest BCUT2D eigenvalue weighted by Gasteiger charge is 2.20. The van der Waals surface area contributed by atoms with Crippen LogP contribution in [0, 0.1) is 6.92 Å². The molecule has 0 unspecified atom stereocenters. The largest absolute Gasteiger partial charge is 0.334 e. The van der Waals surface area contributed by atoms with Crippen molar-refractivity contribution < 1.29 is 9.59 Å². The summed E-state index contributed by atoms with van der Waals surface area (Å²) in [5.41, 5.74) is 2.36. The van der Waals surface area contributed by atoms with Crippen LogP contribution in [0.2, 0.25) is 0 Å².